The number of hydrogen-bond donors (Lipinski definition) is 0. The van der Waals surface area contributed by atoms with Gasteiger partial charge in [-0.05, 0) is 103 Å². The Hall–Kier alpha value is -1.67. The van der Waals surface area contributed by atoms with Gasteiger partial charge in [0.15, 0.2) is 0 Å². The first-order chi connectivity index (χ1) is 30.2. The Balaban J connectivity index is 4.82. The van der Waals surface area contributed by atoms with Gasteiger partial charge in [0.1, 0.15) is 0 Å². The van der Waals surface area contributed by atoms with Crippen molar-refractivity contribution in [2.45, 2.75) is 265 Å². The van der Waals surface area contributed by atoms with E-state index < -0.39 is 0 Å². The fourth-order valence-corrected chi connectivity index (χ4v) is 8.85. The van der Waals surface area contributed by atoms with Crippen LogP contribution in [0.4, 0.5) is 0 Å². The summed E-state index contributed by atoms with van der Waals surface area (Å²) in [7, 11) is 5.78. The summed E-state index contributed by atoms with van der Waals surface area (Å²) in [6, 6.07) is 0.485. The molecule has 0 aliphatic carbocycles. The molecule has 8 heteroatoms. The molecule has 368 valence electrons. The van der Waals surface area contributed by atoms with Gasteiger partial charge < -0.3 is 19.1 Å². The molecule has 0 aliphatic heterocycles. The van der Waals surface area contributed by atoms with Gasteiger partial charge in [-0.2, -0.15) is 0 Å². The maximum atomic E-state index is 12.6. The lowest BCUT2D eigenvalue weighted by atomic mass is 9.96. The summed E-state index contributed by atoms with van der Waals surface area (Å²) in [5.74, 6) is 0.913. The molecule has 2 atom stereocenters. The Kier molecular flexibility index (Phi) is 44.6. The Bertz CT molecular complexity index is 936. The SMILES string of the molecule is CCCCCCC(CCCC)COC(=O)CCCCCCCCC(CCCCCCCCC(=O)OCC(CCCC)CCCCCC)N(CCCCCN(C)C)CCC(=O)OC. The van der Waals surface area contributed by atoms with Gasteiger partial charge in [0.05, 0.1) is 26.7 Å². The van der Waals surface area contributed by atoms with Gasteiger partial charge in [0, 0.05) is 25.4 Å². The van der Waals surface area contributed by atoms with Gasteiger partial charge in [-0.15, -0.1) is 0 Å². The van der Waals surface area contributed by atoms with Crippen LogP contribution in [-0.2, 0) is 28.6 Å². The van der Waals surface area contributed by atoms with Crippen molar-refractivity contribution in [2.75, 3.05) is 54.1 Å². The summed E-state index contributed by atoms with van der Waals surface area (Å²) >= 11 is 0. The van der Waals surface area contributed by atoms with Crippen molar-refractivity contribution < 1.29 is 28.6 Å². The number of ether oxygens (including phenoxy) is 3. The molecule has 0 heterocycles. The molecule has 0 spiro atoms. The molecular weight excluding hydrogens is 773 g/mol. The van der Waals surface area contributed by atoms with Crippen LogP contribution in [0.25, 0.3) is 0 Å². The third-order valence-corrected chi connectivity index (χ3v) is 13.1. The van der Waals surface area contributed by atoms with Crippen molar-refractivity contribution in [3.05, 3.63) is 0 Å². The van der Waals surface area contributed by atoms with Crippen molar-refractivity contribution >= 4 is 17.9 Å². The molecule has 0 saturated heterocycles. The van der Waals surface area contributed by atoms with Crippen LogP contribution in [0.5, 0.6) is 0 Å². The molecule has 2 unspecified atom stereocenters. The van der Waals surface area contributed by atoms with Gasteiger partial charge in [0.25, 0.3) is 0 Å². The van der Waals surface area contributed by atoms with E-state index in [1.165, 1.54) is 187 Å². The number of rotatable bonds is 48. The summed E-state index contributed by atoms with van der Waals surface area (Å²) in [5.41, 5.74) is 0. The molecule has 0 radical (unpaired) electrons. The number of esters is 3. The fourth-order valence-electron chi connectivity index (χ4n) is 8.85. The van der Waals surface area contributed by atoms with Crippen LogP contribution in [0.3, 0.4) is 0 Å². The van der Waals surface area contributed by atoms with Crippen LogP contribution in [-0.4, -0.2) is 87.8 Å². The first-order valence-electron chi connectivity index (χ1n) is 27.0. The maximum Gasteiger partial charge on any atom is 0.306 e. The second kappa shape index (κ2) is 45.9. The smallest absolute Gasteiger partial charge is 0.306 e. The van der Waals surface area contributed by atoms with Crippen LogP contribution in [0, 0.1) is 11.8 Å². The third kappa shape index (κ3) is 39.9. The van der Waals surface area contributed by atoms with Gasteiger partial charge in [-0.25, -0.2) is 0 Å². The fraction of sp³-hybridized carbons (Fsp3) is 0.944. The number of hydrogen-bond acceptors (Lipinski definition) is 8. The average Bonchev–Trinajstić information content (AvgIpc) is 3.26. The summed E-state index contributed by atoms with van der Waals surface area (Å²) in [5, 5.41) is 0. The molecule has 62 heavy (non-hydrogen) atoms. The Morgan fingerprint density at radius 3 is 1.19 bits per heavy atom. The van der Waals surface area contributed by atoms with E-state index in [2.05, 4.69) is 51.6 Å². The molecule has 0 bridgehead atoms. The van der Waals surface area contributed by atoms with E-state index >= 15 is 0 Å². The zero-order valence-electron chi connectivity index (χ0n) is 42.6. The van der Waals surface area contributed by atoms with E-state index in [1.54, 1.807) is 0 Å². The van der Waals surface area contributed by atoms with Crippen LogP contribution in [0.2, 0.25) is 0 Å². The van der Waals surface area contributed by atoms with E-state index in [0.29, 0.717) is 50.4 Å². The summed E-state index contributed by atoms with van der Waals surface area (Å²) in [4.78, 5) is 42.2. The lowest BCUT2D eigenvalue weighted by Crippen LogP contribution is -2.38. The van der Waals surface area contributed by atoms with Crippen LogP contribution < -0.4 is 0 Å². The minimum absolute atomic E-state index is 0.00813. The largest absolute Gasteiger partial charge is 0.469 e. The van der Waals surface area contributed by atoms with Crippen LogP contribution >= 0.6 is 0 Å². The molecule has 0 aromatic rings. The molecule has 0 fully saturated rings. The molecule has 0 N–H and O–H groups in total. The van der Waals surface area contributed by atoms with E-state index in [4.69, 9.17) is 14.2 Å². The standard InChI is InChI=1S/C54H106N2O6/c1-8-12-16-27-37-49(35-14-10-3)47-61-53(58)41-31-24-20-18-22-29-39-51(56(46-43-52(57)60-7)45-34-26-33-44-55(5)6)40-30-23-19-21-25-32-42-54(59)62-48-50(36-15-11-4)38-28-17-13-9-2/h49-51H,8-48H2,1-7H3. The van der Waals surface area contributed by atoms with Crippen LogP contribution in [0.1, 0.15) is 259 Å². The number of carbonyl (C=O) groups excluding carboxylic acids is 3. The summed E-state index contributed by atoms with van der Waals surface area (Å²) in [6.07, 6.45) is 40.9. The zero-order chi connectivity index (χ0) is 45.7. The topological polar surface area (TPSA) is 85.4 Å². The van der Waals surface area contributed by atoms with E-state index in [-0.39, 0.29) is 17.9 Å². The predicted molar refractivity (Wildman–Crippen MR) is 264 cm³/mol. The maximum absolute atomic E-state index is 12.6. The van der Waals surface area contributed by atoms with E-state index in [9.17, 15) is 14.4 Å². The van der Waals surface area contributed by atoms with Crippen LogP contribution in [0.15, 0.2) is 0 Å². The highest BCUT2D eigenvalue weighted by Gasteiger charge is 2.20. The first kappa shape index (κ1) is 60.3. The lowest BCUT2D eigenvalue weighted by molar-refractivity contribution is -0.146. The van der Waals surface area contributed by atoms with Gasteiger partial charge in [0.2, 0.25) is 0 Å². The van der Waals surface area contributed by atoms with Gasteiger partial charge >= 0.3 is 17.9 Å². The van der Waals surface area contributed by atoms with E-state index in [0.717, 1.165) is 51.7 Å². The molecule has 0 aromatic carbocycles. The van der Waals surface area contributed by atoms with Crippen molar-refractivity contribution in [1.29, 1.82) is 0 Å². The molecule has 8 nitrogen and oxygen atoms in total. The van der Waals surface area contributed by atoms with Crippen molar-refractivity contribution in [2.24, 2.45) is 11.8 Å². The molecular formula is C54H106N2O6. The first-order valence-corrected chi connectivity index (χ1v) is 27.0. The lowest BCUT2D eigenvalue weighted by Gasteiger charge is -2.32. The highest BCUT2D eigenvalue weighted by atomic mass is 16.5. The molecule has 0 rings (SSSR count). The predicted octanol–water partition coefficient (Wildman–Crippen LogP) is 14.8. The third-order valence-electron chi connectivity index (χ3n) is 13.1. The Morgan fingerprint density at radius 1 is 0.387 bits per heavy atom. The Labute approximate surface area is 385 Å². The second-order valence-electron chi connectivity index (χ2n) is 19.3. The normalized spacial score (nSPS) is 13.1. The number of methoxy groups -OCH3 is 1. The minimum atomic E-state index is -0.119. The molecule has 0 aliphatic rings. The monoisotopic (exact) mass is 879 g/mol. The second-order valence-corrected chi connectivity index (χ2v) is 19.3. The summed E-state index contributed by atoms with van der Waals surface area (Å²) in [6.45, 7) is 13.1. The highest BCUT2D eigenvalue weighted by molar-refractivity contribution is 5.69. The van der Waals surface area contributed by atoms with Gasteiger partial charge in [-0.1, -0.05) is 175 Å². The Morgan fingerprint density at radius 2 is 0.758 bits per heavy atom. The zero-order valence-corrected chi connectivity index (χ0v) is 42.6. The number of nitrogens with zero attached hydrogens (tertiary/aromatic N) is 2. The van der Waals surface area contributed by atoms with Crippen molar-refractivity contribution in [3.63, 3.8) is 0 Å². The molecule has 0 aromatic heterocycles. The summed E-state index contributed by atoms with van der Waals surface area (Å²) < 4.78 is 16.6. The molecule has 0 saturated carbocycles. The van der Waals surface area contributed by atoms with Crippen molar-refractivity contribution in [1.82, 2.24) is 9.80 Å². The van der Waals surface area contributed by atoms with E-state index in [1.807, 2.05) is 0 Å². The number of unbranched alkanes of at least 4 members (excludes halogenated alkanes) is 20. The molecule has 0 amide bonds. The highest BCUT2D eigenvalue weighted by Crippen LogP contribution is 2.23. The number of carbonyl (C=O) groups is 3. The average molecular weight is 879 g/mol. The van der Waals surface area contributed by atoms with Gasteiger partial charge in [-0.3, -0.25) is 19.3 Å². The quantitative estimate of drug-likeness (QED) is 0.0339. The minimum Gasteiger partial charge on any atom is -0.469 e. The van der Waals surface area contributed by atoms with Crippen molar-refractivity contribution in [3.8, 4) is 0 Å².